The standard InChI is InChI=1S/C8H4BrClN2S/c9-8-12-6(4-13-8)5-2-1-3-11-7(5)10/h1-4H. The highest BCUT2D eigenvalue weighted by molar-refractivity contribution is 9.11. The Labute approximate surface area is 92.7 Å². The molecule has 66 valence electrons. The van der Waals surface area contributed by atoms with Crippen LogP contribution in [-0.4, -0.2) is 9.97 Å². The molecule has 0 aliphatic heterocycles. The number of halogens is 2. The van der Waals surface area contributed by atoms with Gasteiger partial charge in [-0.05, 0) is 28.1 Å². The number of aromatic nitrogens is 2. The molecule has 2 nitrogen and oxygen atoms in total. The highest BCUT2D eigenvalue weighted by Gasteiger charge is 2.06. The van der Waals surface area contributed by atoms with E-state index in [0.29, 0.717) is 5.15 Å². The van der Waals surface area contributed by atoms with E-state index in [2.05, 4.69) is 25.9 Å². The van der Waals surface area contributed by atoms with Crippen LogP contribution in [0.4, 0.5) is 0 Å². The zero-order chi connectivity index (χ0) is 9.26. The number of rotatable bonds is 1. The summed E-state index contributed by atoms with van der Waals surface area (Å²) in [6, 6.07) is 3.74. The van der Waals surface area contributed by atoms with Crippen LogP contribution < -0.4 is 0 Å². The van der Waals surface area contributed by atoms with Gasteiger partial charge in [0.05, 0.1) is 5.69 Å². The van der Waals surface area contributed by atoms with E-state index in [0.717, 1.165) is 15.2 Å². The fraction of sp³-hybridized carbons (Fsp3) is 0. The Kier molecular flexibility index (Phi) is 2.62. The molecule has 2 heterocycles. The Morgan fingerprint density at radius 1 is 1.46 bits per heavy atom. The number of hydrogen-bond acceptors (Lipinski definition) is 3. The smallest absolute Gasteiger partial charge is 0.159 e. The van der Waals surface area contributed by atoms with Crippen molar-refractivity contribution in [2.24, 2.45) is 0 Å². The van der Waals surface area contributed by atoms with Gasteiger partial charge in [-0.15, -0.1) is 11.3 Å². The molecule has 0 aromatic carbocycles. The van der Waals surface area contributed by atoms with E-state index < -0.39 is 0 Å². The normalized spacial score (nSPS) is 10.3. The van der Waals surface area contributed by atoms with Crippen molar-refractivity contribution in [3.05, 3.63) is 32.8 Å². The van der Waals surface area contributed by atoms with Crippen molar-refractivity contribution >= 4 is 38.9 Å². The molecule has 2 rings (SSSR count). The zero-order valence-electron chi connectivity index (χ0n) is 6.37. The van der Waals surface area contributed by atoms with Gasteiger partial charge >= 0.3 is 0 Å². The van der Waals surface area contributed by atoms with Crippen molar-refractivity contribution in [2.75, 3.05) is 0 Å². The maximum absolute atomic E-state index is 5.91. The summed E-state index contributed by atoms with van der Waals surface area (Å²) in [5, 5.41) is 2.42. The topological polar surface area (TPSA) is 25.8 Å². The number of thiazole rings is 1. The van der Waals surface area contributed by atoms with E-state index >= 15 is 0 Å². The molecule has 0 aliphatic carbocycles. The Balaban J connectivity index is 2.52. The van der Waals surface area contributed by atoms with Crippen molar-refractivity contribution < 1.29 is 0 Å². The average Bonchev–Trinajstić information content (AvgIpc) is 2.53. The molecule has 0 N–H and O–H groups in total. The minimum absolute atomic E-state index is 0.486. The monoisotopic (exact) mass is 274 g/mol. The van der Waals surface area contributed by atoms with Gasteiger partial charge in [0.2, 0.25) is 0 Å². The van der Waals surface area contributed by atoms with Crippen LogP contribution >= 0.6 is 38.9 Å². The lowest BCUT2D eigenvalue weighted by Crippen LogP contribution is -1.81. The Morgan fingerprint density at radius 2 is 2.31 bits per heavy atom. The van der Waals surface area contributed by atoms with E-state index in [1.165, 1.54) is 11.3 Å². The molecule has 5 heteroatoms. The van der Waals surface area contributed by atoms with E-state index in [4.69, 9.17) is 11.6 Å². The first-order chi connectivity index (χ1) is 6.27. The molecule has 0 amide bonds. The van der Waals surface area contributed by atoms with Crippen LogP contribution in [0.5, 0.6) is 0 Å². The van der Waals surface area contributed by atoms with Gasteiger partial charge in [-0.3, -0.25) is 0 Å². The van der Waals surface area contributed by atoms with E-state index in [9.17, 15) is 0 Å². The predicted octanol–water partition coefficient (Wildman–Crippen LogP) is 3.62. The molecule has 0 radical (unpaired) electrons. The first-order valence-corrected chi connectivity index (χ1v) is 5.54. The van der Waals surface area contributed by atoms with Crippen molar-refractivity contribution in [1.29, 1.82) is 0 Å². The third-order valence-corrected chi connectivity index (χ3v) is 3.18. The van der Waals surface area contributed by atoms with E-state index in [1.54, 1.807) is 6.20 Å². The van der Waals surface area contributed by atoms with E-state index in [1.807, 2.05) is 17.5 Å². The van der Waals surface area contributed by atoms with Gasteiger partial charge in [-0.2, -0.15) is 0 Å². The van der Waals surface area contributed by atoms with E-state index in [-0.39, 0.29) is 0 Å². The molecule has 0 spiro atoms. The fourth-order valence-electron chi connectivity index (χ4n) is 0.953. The lowest BCUT2D eigenvalue weighted by molar-refractivity contribution is 1.30. The van der Waals surface area contributed by atoms with Crippen LogP contribution in [0.2, 0.25) is 5.15 Å². The van der Waals surface area contributed by atoms with Crippen molar-refractivity contribution in [2.45, 2.75) is 0 Å². The van der Waals surface area contributed by atoms with Crippen LogP contribution in [0.3, 0.4) is 0 Å². The van der Waals surface area contributed by atoms with Crippen LogP contribution in [-0.2, 0) is 0 Å². The second-order valence-electron chi connectivity index (χ2n) is 2.33. The molecule has 0 aliphatic rings. The Morgan fingerprint density at radius 3 is 2.92 bits per heavy atom. The summed E-state index contributed by atoms with van der Waals surface area (Å²) in [7, 11) is 0. The predicted molar refractivity (Wildman–Crippen MR) is 58.1 cm³/mol. The lowest BCUT2D eigenvalue weighted by atomic mass is 10.2. The van der Waals surface area contributed by atoms with Crippen molar-refractivity contribution in [3.8, 4) is 11.3 Å². The number of pyridine rings is 1. The minimum Gasteiger partial charge on any atom is -0.244 e. The maximum atomic E-state index is 5.91. The first kappa shape index (κ1) is 9.12. The highest BCUT2D eigenvalue weighted by Crippen LogP contribution is 2.28. The van der Waals surface area contributed by atoms with Gasteiger partial charge in [-0.25, -0.2) is 9.97 Å². The van der Waals surface area contributed by atoms with Crippen LogP contribution in [0.1, 0.15) is 0 Å². The molecule has 2 aromatic rings. The van der Waals surface area contributed by atoms with Gasteiger partial charge in [-0.1, -0.05) is 11.6 Å². The van der Waals surface area contributed by atoms with Gasteiger partial charge in [0.15, 0.2) is 3.92 Å². The summed E-state index contributed by atoms with van der Waals surface area (Å²) in [6.45, 7) is 0. The van der Waals surface area contributed by atoms with Gasteiger partial charge in [0, 0.05) is 17.1 Å². The molecule has 0 fully saturated rings. The van der Waals surface area contributed by atoms with Crippen molar-refractivity contribution in [1.82, 2.24) is 9.97 Å². The largest absolute Gasteiger partial charge is 0.244 e. The van der Waals surface area contributed by atoms with Gasteiger partial charge in [0.1, 0.15) is 5.15 Å². The molecular formula is C8H4BrClN2S. The van der Waals surface area contributed by atoms with Gasteiger partial charge in [0.25, 0.3) is 0 Å². The second-order valence-corrected chi connectivity index (χ2v) is 4.82. The summed E-state index contributed by atoms with van der Waals surface area (Å²) in [4.78, 5) is 8.23. The summed E-state index contributed by atoms with van der Waals surface area (Å²) in [6.07, 6.45) is 1.66. The van der Waals surface area contributed by atoms with Crippen LogP contribution in [0, 0.1) is 0 Å². The Hall–Kier alpha value is -0.450. The fourth-order valence-corrected chi connectivity index (χ4v) is 2.18. The summed E-state index contributed by atoms with van der Waals surface area (Å²) in [5.74, 6) is 0. The molecule has 2 aromatic heterocycles. The van der Waals surface area contributed by atoms with Crippen LogP contribution in [0.25, 0.3) is 11.3 Å². The number of hydrogen-bond donors (Lipinski definition) is 0. The van der Waals surface area contributed by atoms with Crippen LogP contribution in [0.15, 0.2) is 27.6 Å². The first-order valence-electron chi connectivity index (χ1n) is 3.49. The highest BCUT2D eigenvalue weighted by atomic mass is 79.9. The molecule has 0 atom stereocenters. The second kappa shape index (κ2) is 3.74. The molecule has 13 heavy (non-hydrogen) atoms. The summed E-state index contributed by atoms with van der Waals surface area (Å²) < 4.78 is 0.849. The van der Waals surface area contributed by atoms with Crippen molar-refractivity contribution in [3.63, 3.8) is 0 Å². The molecular weight excluding hydrogens is 272 g/mol. The minimum atomic E-state index is 0.486. The molecule has 0 unspecified atom stereocenters. The SMILES string of the molecule is Clc1ncccc1-c1csc(Br)n1. The zero-order valence-corrected chi connectivity index (χ0v) is 9.53. The third kappa shape index (κ3) is 1.90. The molecule has 0 bridgehead atoms. The summed E-state index contributed by atoms with van der Waals surface area (Å²) in [5.41, 5.74) is 1.72. The average molecular weight is 276 g/mol. The third-order valence-electron chi connectivity index (χ3n) is 1.51. The maximum Gasteiger partial charge on any atom is 0.159 e. The summed E-state index contributed by atoms with van der Waals surface area (Å²) >= 11 is 10.7. The molecule has 0 saturated heterocycles. The van der Waals surface area contributed by atoms with Gasteiger partial charge < -0.3 is 0 Å². The quantitative estimate of drug-likeness (QED) is 0.743. The Bertz CT molecular complexity index is 430. The molecule has 0 saturated carbocycles. The number of nitrogens with zero attached hydrogens (tertiary/aromatic N) is 2. The lowest BCUT2D eigenvalue weighted by Gasteiger charge is -1.96.